The summed E-state index contributed by atoms with van der Waals surface area (Å²) in [5.41, 5.74) is 1.33. The molecule has 2 heteroatoms. The van der Waals surface area contributed by atoms with Gasteiger partial charge in [0.1, 0.15) is 5.75 Å². The van der Waals surface area contributed by atoms with Crippen molar-refractivity contribution in [3.05, 3.63) is 29.8 Å². The van der Waals surface area contributed by atoms with E-state index in [1.165, 1.54) is 44.1 Å². The van der Waals surface area contributed by atoms with Gasteiger partial charge in [-0.2, -0.15) is 0 Å². The fourth-order valence-electron chi connectivity index (χ4n) is 2.34. The van der Waals surface area contributed by atoms with E-state index in [1.54, 1.807) is 0 Å². The Bertz CT molecular complexity index is 336. The topological polar surface area (TPSA) is 29.5 Å². The molecule has 0 atom stereocenters. The predicted molar refractivity (Wildman–Crippen MR) is 85.3 cm³/mol. The van der Waals surface area contributed by atoms with Gasteiger partial charge in [0, 0.05) is 6.61 Å². The first-order valence-corrected chi connectivity index (χ1v) is 8.20. The van der Waals surface area contributed by atoms with E-state index in [0.717, 1.165) is 25.0 Å². The molecule has 1 rings (SSSR count). The number of hydrogen-bond acceptors (Lipinski definition) is 2. The molecule has 114 valence electrons. The number of aliphatic hydroxyl groups excluding tert-OH is 1. The van der Waals surface area contributed by atoms with Crippen LogP contribution in [0.3, 0.4) is 0 Å². The van der Waals surface area contributed by atoms with Crippen LogP contribution in [-0.4, -0.2) is 18.3 Å². The van der Waals surface area contributed by atoms with Crippen molar-refractivity contribution in [2.45, 2.75) is 64.7 Å². The van der Waals surface area contributed by atoms with Crippen LogP contribution >= 0.6 is 0 Å². The standard InChI is InChI=1S/C18H30O2/c1-2-3-4-5-6-7-12-17-13-8-9-14-18(17)20-16-11-10-15-19/h8-9,13-14,19H,2-7,10-12,15-16H2,1H3. The number of para-hydroxylation sites is 1. The number of ether oxygens (including phenoxy) is 1. The summed E-state index contributed by atoms with van der Waals surface area (Å²) in [4.78, 5) is 0. The lowest BCUT2D eigenvalue weighted by atomic mass is 10.0. The summed E-state index contributed by atoms with van der Waals surface area (Å²) >= 11 is 0. The fraction of sp³-hybridized carbons (Fsp3) is 0.667. The fourth-order valence-corrected chi connectivity index (χ4v) is 2.34. The van der Waals surface area contributed by atoms with Crippen molar-refractivity contribution >= 4 is 0 Å². The smallest absolute Gasteiger partial charge is 0.122 e. The second-order valence-corrected chi connectivity index (χ2v) is 5.40. The van der Waals surface area contributed by atoms with Crippen molar-refractivity contribution in [1.82, 2.24) is 0 Å². The SMILES string of the molecule is CCCCCCCCc1ccccc1OCCCCO. The van der Waals surface area contributed by atoms with Gasteiger partial charge < -0.3 is 9.84 Å². The van der Waals surface area contributed by atoms with Gasteiger partial charge in [0.15, 0.2) is 0 Å². The summed E-state index contributed by atoms with van der Waals surface area (Å²) in [5, 5.41) is 8.77. The van der Waals surface area contributed by atoms with Crippen molar-refractivity contribution in [2.24, 2.45) is 0 Å². The van der Waals surface area contributed by atoms with E-state index in [2.05, 4.69) is 25.1 Å². The maximum atomic E-state index is 8.77. The summed E-state index contributed by atoms with van der Waals surface area (Å²) in [5.74, 6) is 1.03. The normalized spacial score (nSPS) is 10.7. The van der Waals surface area contributed by atoms with Crippen LogP contribution < -0.4 is 4.74 Å². The molecule has 0 bridgehead atoms. The van der Waals surface area contributed by atoms with E-state index >= 15 is 0 Å². The highest BCUT2D eigenvalue weighted by molar-refractivity contribution is 5.33. The van der Waals surface area contributed by atoms with Crippen LogP contribution in [0.4, 0.5) is 0 Å². The minimum absolute atomic E-state index is 0.253. The molecule has 0 saturated carbocycles. The maximum Gasteiger partial charge on any atom is 0.122 e. The van der Waals surface area contributed by atoms with Gasteiger partial charge in [-0.15, -0.1) is 0 Å². The van der Waals surface area contributed by atoms with Crippen LogP contribution in [0.15, 0.2) is 24.3 Å². The Hall–Kier alpha value is -1.02. The Kier molecular flexibility index (Phi) is 10.0. The Morgan fingerprint density at radius 2 is 1.65 bits per heavy atom. The number of benzene rings is 1. The largest absolute Gasteiger partial charge is 0.493 e. The first-order valence-electron chi connectivity index (χ1n) is 8.20. The summed E-state index contributed by atoms with van der Waals surface area (Å²) in [6, 6.07) is 8.36. The first kappa shape index (κ1) is 17.0. The van der Waals surface area contributed by atoms with Crippen molar-refractivity contribution in [3.8, 4) is 5.75 Å². The van der Waals surface area contributed by atoms with Crippen LogP contribution in [0, 0.1) is 0 Å². The van der Waals surface area contributed by atoms with Gasteiger partial charge in [0.05, 0.1) is 6.61 Å². The Morgan fingerprint density at radius 3 is 2.45 bits per heavy atom. The highest BCUT2D eigenvalue weighted by atomic mass is 16.5. The zero-order chi connectivity index (χ0) is 14.5. The van der Waals surface area contributed by atoms with Crippen LogP contribution in [0.2, 0.25) is 0 Å². The van der Waals surface area contributed by atoms with E-state index < -0.39 is 0 Å². The molecule has 0 aliphatic heterocycles. The van der Waals surface area contributed by atoms with E-state index in [9.17, 15) is 0 Å². The Morgan fingerprint density at radius 1 is 0.900 bits per heavy atom. The molecule has 2 nitrogen and oxygen atoms in total. The number of rotatable bonds is 12. The average Bonchev–Trinajstić information content (AvgIpc) is 2.48. The van der Waals surface area contributed by atoms with Gasteiger partial charge in [-0.3, -0.25) is 0 Å². The van der Waals surface area contributed by atoms with Crippen LogP contribution in [0.5, 0.6) is 5.75 Å². The molecule has 0 unspecified atom stereocenters. The zero-order valence-electron chi connectivity index (χ0n) is 12.9. The number of hydrogen-bond donors (Lipinski definition) is 1. The third-order valence-electron chi connectivity index (χ3n) is 3.58. The predicted octanol–water partition coefficient (Wildman–Crippen LogP) is 4.74. The molecule has 0 saturated heterocycles. The molecule has 0 spiro atoms. The molecule has 0 aromatic heterocycles. The molecule has 0 fully saturated rings. The van der Waals surface area contributed by atoms with Crippen LogP contribution in [0.1, 0.15) is 63.9 Å². The molecular formula is C18H30O2. The van der Waals surface area contributed by atoms with Gasteiger partial charge in [0.2, 0.25) is 0 Å². The quantitative estimate of drug-likeness (QED) is 0.559. The van der Waals surface area contributed by atoms with Crippen molar-refractivity contribution in [2.75, 3.05) is 13.2 Å². The van der Waals surface area contributed by atoms with Crippen molar-refractivity contribution in [3.63, 3.8) is 0 Å². The van der Waals surface area contributed by atoms with Gasteiger partial charge in [0.25, 0.3) is 0 Å². The lowest BCUT2D eigenvalue weighted by molar-refractivity contribution is 0.252. The molecule has 1 N–H and O–H groups in total. The van der Waals surface area contributed by atoms with Crippen LogP contribution in [-0.2, 0) is 6.42 Å². The molecule has 0 aliphatic rings. The molecule has 1 aromatic carbocycles. The summed E-state index contributed by atoms with van der Waals surface area (Å²) in [7, 11) is 0. The molecular weight excluding hydrogens is 248 g/mol. The second-order valence-electron chi connectivity index (χ2n) is 5.40. The molecule has 0 radical (unpaired) electrons. The highest BCUT2D eigenvalue weighted by Gasteiger charge is 2.02. The summed E-state index contributed by atoms with van der Waals surface area (Å²) < 4.78 is 5.82. The van der Waals surface area contributed by atoms with E-state index in [-0.39, 0.29) is 6.61 Å². The zero-order valence-corrected chi connectivity index (χ0v) is 12.9. The first-order chi connectivity index (χ1) is 9.88. The number of aliphatic hydroxyl groups is 1. The minimum Gasteiger partial charge on any atom is -0.493 e. The molecule has 0 amide bonds. The molecule has 0 heterocycles. The van der Waals surface area contributed by atoms with Gasteiger partial charge in [-0.05, 0) is 37.3 Å². The second kappa shape index (κ2) is 11.8. The average molecular weight is 278 g/mol. The molecule has 1 aromatic rings. The minimum atomic E-state index is 0.253. The summed E-state index contributed by atoms with van der Waals surface area (Å²) in [6.45, 7) is 3.21. The van der Waals surface area contributed by atoms with Gasteiger partial charge >= 0.3 is 0 Å². The lowest BCUT2D eigenvalue weighted by Gasteiger charge is -2.11. The van der Waals surface area contributed by atoms with E-state index in [1.807, 2.05) is 6.07 Å². The van der Waals surface area contributed by atoms with E-state index in [0.29, 0.717) is 6.61 Å². The van der Waals surface area contributed by atoms with Crippen molar-refractivity contribution in [1.29, 1.82) is 0 Å². The monoisotopic (exact) mass is 278 g/mol. The molecule has 20 heavy (non-hydrogen) atoms. The Labute approximate surface area is 124 Å². The Balaban J connectivity index is 2.26. The van der Waals surface area contributed by atoms with Crippen LogP contribution in [0.25, 0.3) is 0 Å². The lowest BCUT2D eigenvalue weighted by Crippen LogP contribution is -2.01. The summed E-state index contributed by atoms with van der Waals surface area (Å²) in [6.07, 6.45) is 10.8. The van der Waals surface area contributed by atoms with Crippen molar-refractivity contribution < 1.29 is 9.84 Å². The van der Waals surface area contributed by atoms with Gasteiger partial charge in [-0.1, -0.05) is 57.2 Å². The maximum absolute atomic E-state index is 8.77. The highest BCUT2D eigenvalue weighted by Crippen LogP contribution is 2.21. The van der Waals surface area contributed by atoms with Gasteiger partial charge in [-0.25, -0.2) is 0 Å². The molecule has 0 aliphatic carbocycles. The number of aryl methyl sites for hydroxylation is 1. The number of unbranched alkanes of at least 4 members (excludes halogenated alkanes) is 6. The van der Waals surface area contributed by atoms with E-state index in [4.69, 9.17) is 9.84 Å². The third kappa shape index (κ3) is 7.54. The third-order valence-corrected chi connectivity index (χ3v) is 3.58.